The molecule has 5 heteroatoms. The minimum atomic E-state index is -0.936. The predicted molar refractivity (Wildman–Crippen MR) is 50.8 cm³/mol. The van der Waals surface area contributed by atoms with Gasteiger partial charge in [-0.3, -0.25) is 4.79 Å². The summed E-state index contributed by atoms with van der Waals surface area (Å²) in [5, 5.41) is 9.03. The molecule has 0 saturated heterocycles. The molecule has 0 heterocycles. The van der Waals surface area contributed by atoms with Crippen LogP contribution in [0.15, 0.2) is 16.6 Å². The summed E-state index contributed by atoms with van der Waals surface area (Å²) in [4.78, 5) is 11.0. The normalized spacial score (nSPS) is 10.1. The van der Waals surface area contributed by atoms with E-state index < -0.39 is 17.3 Å². The van der Waals surface area contributed by atoms with Crippen LogP contribution >= 0.6 is 27.5 Å². The van der Waals surface area contributed by atoms with Gasteiger partial charge in [-0.25, -0.2) is 4.39 Å². The Kier molecular flexibility index (Phi) is 3.27. The third kappa shape index (κ3) is 2.19. The van der Waals surface area contributed by atoms with Crippen LogP contribution in [-0.2, 0) is 0 Å². The summed E-state index contributed by atoms with van der Waals surface area (Å²) in [6.07, 6.45) is 0. The fourth-order valence-corrected chi connectivity index (χ4v) is 1.44. The fourth-order valence-electron chi connectivity index (χ4n) is 0.850. The van der Waals surface area contributed by atoms with Crippen molar-refractivity contribution in [1.82, 2.24) is 0 Å². The molecule has 0 amide bonds. The Bertz CT molecular complexity index is 354. The first-order valence-corrected chi connectivity index (χ1v) is 4.66. The van der Waals surface area contributed by atoms with Gasteiger partial charge in [-0.05, 0) is 12.1 Å². The molecule has 0 aliphatic heterocycles. The number of hydrogen-bond acceptors (Lipinski definition) is 2. The lowest BCUT2D eigenvalue weighted by Crippen LogP contribution is -2.03. The zero-order valence-corrected chi connectivity index (χ0v) is 8.69. The summed E-state index contributed by atoms with van der Waals surface area (Å²) in [5.74, 6) is -2.38. The SMILES string of the molecule is O=C(CCl)c1cc(Br)cc(O)c1F. The Labute approximate surface area is 87.5 Å². The lowest BCUT2D eigenvalue weighted by atomic mass is 10.1. The van der Waals surface area contributed by atoms with Crippen LogP contribution in [0.25, 0.3) is 0 Å². The lowest BCUT2D eigenvalue weighted by Gasteiger charge is -2.02. The van der Waals surface area contributed by atoms with E-state index in [0.29, 0.717) is 4.47 Å². The molecular formula is C8H5BrClFO2. The highest BCUT2D eigenvalue weighted by Crippen LogP contribution is 2.25. The van der Waals surface area contributed by atoms with Crippen molar-refractivity contribution in [3.8, 4) is 5.75 Å². The maximum Gasteiger partial charge on any atom is 0.180 e. The molecule has 70 valence electrons. The van der Waals surface area contributed by atoms with E-state index in [1.165, 1.54) is 12.1 Å². The molecule has 0 unspecified atom stereocenters. The van der Waals surface area contributed by atoms with E-state index in [9.17, 15) is 9.18 Å². The maximum absolute atomic E-state index is 13.1. The molecule has 1 aromatic carbocycles. The maximum atomic E-state index is 13.1. The van der Waals surface area contributed by atoms with Crippen molar-refractivity contribution in [3.63, 3.8) is 0 Å². The van der Waals surface area contributed by atoms with Gasteiger partial charge < -0.3 is 5.11 Å². The third-order valence-corrected chi connectivity index (χ3v) is 2.14. The second kappa shape index (κ2) is 4.07. The quantitative estimate of drug-likeness (QED) is 0.661. The number of phenolic OH excluding ortho intramolecular Hbond substituents is 1. The Morgan fingerprint density at radius 3 is 2.77 bits per heavy atom. The van der Waals surface area contributed by atoms with Crippen molar-refractivity contribution < 1.29 is 14.3 Å². The molecule has 0 fully saturated rings. The van der Waals surface area contributed by atoms with Crippen LogP contribution in [-0.4, -0.2) is 16.8 Å². The van der Waals surface area contributed by atoms with Crippen LogP contribution in [0.4, 0.5) is 4.39 Å². The molecule has 0 bridgehead atoms. The zero-order valence-electron chi connectivity index (χ0n) is 6.35. The number of carbonyl (C=O) groups is 1. The first-order chi connectivity index (χ1) is 6.06. The number of phenols is 1. The van der Waals surface area contributed by atoms with E-state index in [4.69, 9.17) is 16.7 Å². The Balaban J connectivity index is 3.28. The van der Waals surface area contributed by atoms with Crippen molar-refractivity contribution in [2.24, 2.45) is 0 Å². The van der Waals surface area contributed by atoms with Crippen molar-refractivity contribution in [2.45, 2.75) is 0 Å². The van der Waals surface area contributed by atoms with Gasteiger partial charge >= 0.3 is 0 Å². The second-order valence-corrected chi connectivity index (χ2v) is 3.53. The monoisotopic (exact) mass is 266 g/mol. The summed E-state index contributed by atoms with van der Waals surface area (Å²) >= 11 is 8.27. The summed E-state index contributed by atoms with van der Waals surface area (Å²) in [6, 6.07) is 2.44. The third-order valence-electron chi connectivity index (χ3n) is 1.44. The highest BCUT2D eigenvalue weighted by Gasteiger charge is 2.14. The van der Waals surface area contributed by atoms with Crippen LogP contribution in [0.2, 0.25) is 0 Å². The van der Waals surface area contributed by atoms with E-state index in [1.807, 2.05) is 0 Å². The van der Waals surface area contributed by atoms with Gasteiger partial charge in [0.15, 0.2) is 17.3 Å². The number of carbonyl (C=O) groups excluding carboxylic acids is 1. The Hall–Kier alpha value is -0.610. The molecule has 0 radical (unpaired) electrons. The average molecular weight is 267 g/mol. The average Bonchev–Trinajstić information content (AvgIpc) is 2.10. The smallest absolute Gasteiger partial charge is 0.180 e. The number of aromatic hydroxyl groups is 1. The van der Waals surface area contributed by atoms with E-state index >= 15 is 0 Å². The topological polar surface area (TPSA) is 37.3 Å². The van der Waals surface area contributed by atoms with Gasteiger partial charge in [0.2, 0.25) is 0 Å². The number of rotatable bonds is 2. The fraction of sp³-hybridized carbons (Fsp3) is 0.125. The zero-order chi connectivity index (χ0) is 10.0. The van der Waals surface area contributed by atoms with E-state index in [-0.39, 0.29) is 11.4 Å². The van der Waals surface area contributed by atoms with Crippen LogP contribution < -0.4 is 0 Å². The number of ketones is 1. The Morgan fingerprint density at radius 2 is 2.23 bits per heavy atom. The number of halogens is 3. The highest BCUT2D eigenvalue weighted by atomic mass is 79.9. The molecule has 0 saturated carbocycles. The van der Waals surface area contributed by atoms with Gasteiger partial charge in [-0.2, -0.15) is 0 Å². The molecule has 0 spiro atoms. The lowest BCUT2D eigenvalue weighted by molar-refractivity contribution is 0.101. The van der Waals surface area contributed by atoms with Gasteiger partial charge in [-0.15, -0.1) is 11.6 Å². The molecule has 0 atom stereocenters. The standard InChI is InChI=1S/C8H5BrClFO2/c9-4-1-5(7(13)3-10)8(11)6(12)2-4/h1-2,12H,3H2. The summed E-state index contributed by atoms with van der Waals surface area (Å²) in [6.45, 7) is 0. The number of benzene rings is 1. The first kappa shape index (κ1) is 10.5. The Morgan fingerprint density at radius 1 is 1.62 bits per heavy atom. The summed E-state index contributed by atoms with van der Waals surface area (Å²) < 4.78 is 13.5. The van der Waals surface area contributed by atoms with Gasteiger partial charge in [0.1, 0.15) is 0 Å². The van der Waals surface area contributed by atoms with Gasteiger partial charge in [0, 0.05) is 4.47 Å². The highest BCUT2D eigenvalue weighted by molar-refractivity contribution is 9.10. The number of Topliss-reactive ketones (excluding diaryl/α,β-unsaturated/α-hetero) is 1. The van der Waals surface area contributed by atoms with Crippen LogP contribution in [0.5, 0.6) is 5.75 Å². The van der Waals surface area contributed by atoms with E-state index in [1.54, 1.807) is 0 Å². The molecule has 2 nitrogen and oxygen atoms in total. The predicted octanol–water partition coefficient (Wildman–Crippen LogP) is 2.72. The second-order valence-electron chi connectivity index (χ2n) is 2.34. The largest absolute Gasteiger partial charge is 0.505 e. The summed E-state index contributed by atoms with van der Waals surface area (Å²) in [5.41, 5.74) is -0.207. The first-order valence-electron chi connectivity index (χ1n) is 3.33. The van der Waals surface area contributed by atoms with Gasteiger partial charge in [-0.1, -0.05) is 15.9 Å². The molecule has 1 N–H and O–H groups in total. The molecule has 0 aliphatic rings. The number of alkyl halides is 1. The minimum Gasteiger partial charge on any atom is -0.505 e. The van der Waals surface area contributed by atoms with Crippen molar-refractivity contribution in [3.05, 3.63) is 28.0 Å². The van der Waals surface area contributed by atoms with Crippen LogP contribution in [0.1, 0.15) is 10.4 Å². The molecule has 0 aliphatic carbocycles. The van der Waals surface area contributed by atoms with Crippen molar-refractivity contribution in [2.75, 3.05) is 5.88 Å². The van der Waals surface area contributed by atoms with Crippen LogP contribution in [0.3, 0.4) is 0 Å². The molecule has 13 heavy (non-hydrogen) atoms. The molecular weight excluding hydrogens is 262 g/mol. The van der Waals surface area contributed by atoms with E-state index in [2.05, 4.69) is 15.9 Å². The van der Waals surface area contributed by atoms with E-state index in [0.717, 1.165) is 0 Å². The van der Waals surface area contributed by atoms with Crippen molar-refractivity contribution >= 4 is 33.3 Å². The minimum absolute atomic E-state index is 0.207. The van der Waals surface area contributed by atoms with Gasteiger partial charge in [0.25, 0.3) is 0 Å². The molecule has 1 aromatic rings. The number of hydrogen-bond donors (Lipinski definition) is 1. The summed E-state index contributed by atoms with van der Waals surface area (Å²) in [7, 11) is 0. The van der Waals surface area contributed by atoms with Crippen molar-refractivity contribution in [1.29, 1.82) is 0 Å². The van der Waals surface area contributed by atoms with Crippen LogP contribution in [0, 0.1) is 5.82 Å². The molecule has 0 aromatic heterocycles. The van der Waals surface area contributed by atoms with Gasteiger partial charge in [0.05, 0.1) is 11.4 Å². The molecule has 1 rings (SSSR count).